The Morgan fingerprint density at radius 3 is 1.89 bits per heavy atom. The number of rotatable bonds is 8. The Bertz CT molecular complexity index is 413. The number of hydrogen-bond acceptors (Lipinski definition) is 4. The van der Waals surface area contributed by atoms with Gasteiger partial charge in [-0.3, -0.25) is 9.59 Å². The summed E-state index contributed by atoms with van der Waals surface area (Å²) in [6.45, 7) is 9.87. The number of amides is 2. The fraction of sp³-hybridized carbons (Fsp3) is 0.842. The van der Waals surface area contributed by atoms with E-state index in [1.807, 2.05) is 13.8 Å². The summed E-state index contributed by atoms with van der Waals surface area (Å²) >= 11 is 0. The lowest BCUT2D eigenvalue weighted by atomic mass is 10.2. The number of ether oxygens (including phenoxy) is 1. The molecule has 0 rings (SSSR count). The van der Waals surface area contributed by atoms with Crippen LogP contribution in [-0.2, 0) is 14.3 Å². The number of carboxylic acids is 1. The molecule has 0 aromatic rings. The second-order valence-electron chi connectivity index (χ2n) is 7.75. The van der Waals surface area contributed by atoms with E-state index in [-0.39, 0.29) is 5.91 Å². The van der Waals surface area contributed by atoms with Gasteiger partial charge in [0.15, 0.2) is 0 Å². The van der Waals surface area contributed by atoms with Crippen molar-refractivity contribution in [2.45, 2.75) is 65.9 Å². The van der Waals surface area contributed by atoms with Gasteiger partial charge in [-0.2, -0.15) is 0 Å². The highest BCUT2D eigenvalue weighted by atomic mass is 16.6. The molecule has 2 amide bonds. The van der Waals surface area contributed by atoms with Gasteiger partial charge in [0.2, 0.25) is 5.91 Å². The van der Waals surface area contributed by atoms with Crippen LogP contribution in [0.15, 0.2) is 0 Å². The number of carboxylic acid groups (broad SMARTS) is 1. The molecule has 8 nitrogen and oxygen atoms in total. The number of nitrogens with one attached hydrogen (secondary N) is 2. The van der Waals surface area contributed by atoms with E-state index in [2.05, 4.69) is 31.8 Å². The fourth-order valence-electron chi connectivity index (χ4n) is 1.64. The molecular formula is C19H42N3O5+. The van der Waals surface area contributed by atoms with Crippen molar-refractivity contribution < 1.29 is 28.7 Å². The van der Waals surface area contributed by atoms with E-state index < -0.39 is 24.2 Å². The lowest BCUT2D eigenvalue weighted by Crippen LogP contribution is -2.35. The van der Waals surface area contributed by atoms with Crippen molar-refractivity contribution in [3.05, 3.63) is 0 Å². The molecule has 3 N–H and O–H groups in total. The minimum absolute atomic E-state index is 0.158. The van der Waals surface area contributed by atoms with Crippen LogP contribution in [0.5, 0.6) is 0 Å². The maximum absolute atomic E-state index is 10.9. The monoisotopic (exact) mass is 392 g/mol. The quantitative estimate of drug-likeness (QED) is 0.435. The lowest BCUT2D eigenvalue weighted by Gasteiger charge is -2.23. The molecular weight excluding hydrogens is 350 g/mol. The van der Waals surface area contributed by atoms with Gasteiger partial charge in [0.05, 0.1) is 27.7 Å². The highest BCUT2D eigenvalue weighted by Gasteiger charge is 2.16. The molecule has 0 aromatic carbocycles. The molecule has 0 bridgehead atoms. The Kier molecular flexibility index (Phi) is 18.1. The predicted octanol–water partition coefficient (Wildman–Crippen LogP) is 2.62. The topological polar surface area (TPSA) is 105 Å². The van der Waals surface area contributed by atoms with E-state index in [4.69, 9.17) is 9.84 Å². The third kappa shape index (κ3) is 32.3. The van der Waals surface area contributed by atoms with Crippen LogP contribution in [0.1, 0.15) is 60.3 Å². The van der Waals surface area contributed by atoms with Crippen LogP contribution < -0.4 is 10.6 Å². The molecule has 27 heavy (non-hydrogen) atoms. The number of hydrogen-bond donors (Lipinski definition) is 3. The average Bonchev–Trinajstić information content (AvgIpc) is 2.52. The standard InChI is InChI=1S/C10H22N2O.C7H13NO4.C2H6/c1-11-10(13)8-6-5-7-9-12(2,3)4;1-7(2,3)12-6(11)8-4-5(9)10;1-2/h5-9H2,1-4H3;4H2,1-3H3,(H,8,11)(H,9,10);1-2H3/p+1. The van der Waals surface area contributed by atoms with Crippen LogP contribution >= 0.6 is 0 Å². The van der Waals surface area contributed by atoms with E-state index in [0.717, 1.165) is 17.3 Å². The van der Waals surface area contributed by atoms with E-state index in [1.54, 1.807) is 27.8 Å². The summed E-state index contributed by atoms with van der Waals surface area (Å²) in [5.41, 5.74) is -0.595. The fourth-order valence-corrected chi connectivity index (χ4v) is 1.64. The molecule has 0 aliphatic heterocycles. The molecule has 0 saturated carbocycles. The first-order valence-corrected chi connectivity index (χ1v) is 9.46. The maximum atomic E-state index is 10.9. The van der Waals surface area contributed by atoms with Crippen molar-refractivity contribution in [3.63, 3.8) is 0 Å². The lowest BCUT2D eigenvalue weighted by molar-refractivity contribution is -0.870. The zero-order chi connectivity index (χ0) is 22.1. The first-order chi connectivity index (χ1) is 12.3. The number of unbranched alkanes of at least 4 members (excludes halogenated alkanes) is 2. The molecule has 0 unspecified atom stereocenters. The zero-order valence-electron chi connectivity index (χ0n) is 18.8. The summed E-state index contributed by atoms with van der Waals surface area (Å²) in [6, 6.07) is 0. The summed E-state index contributed by atoms with van der Waals surface area (Å²) in [6.07, 6.45) is 3.33. The largest absolute Gasteiger partial charge is 0.480 e. The van der Waals surface area contributed by atoms with Crippen molar-refractivity contribution >= 4 is 18.0 Å². The highest BCUT2D eigenvalue weighted by Crippen LogP contribution is 2.06. The molecule has 162 valence electrons. The van der Waals surface area contributed by atoms with Crippen LogP contribution in [0, 0.1) is 0 Å². The van der Waals surface area contributed by atoms with Crippen LogP contribution in [0.2, 0.25) is 0 Å². The molecule has 0 aromatic heterocycles. The molecule has 0 fully saturated rings. The molecule has 8 heteroatoms. The van der Waals surface area contributed by atoms with Crippen LogP contribution in [0.4, 0.5) is 4.79 Å². The van der Waals surface area contributed by atoms with Gasteiger partial charge in [-0.25, -0.2) is 4.79 Å². The highest BCUT2D eigenvalue weighted by molar-refractivity contribution is 5.76. The second kappa shape index (κ2) is 16.4. The summed E-state index contributed by atoms with van der Waals surface area (Å²) < 4.78 is 5.79. The minimum Gasteiger partial charge on any atom is -0.480 e. The van der Waals surface area contributed by atoms with E-state index in [9.17, 15) is 14.4 Å². The first-order valence-electron chi connectivity index (χ1n) is 9.46. The number of alkyl carbamates (subject to hydrolysis) is 1. The molecule has 0 aliphatic rings. The molecule has 0 atom stereocenters. The van der Waals surface area contributed by atoms with E-state index in [1.165, 1.54) is 13.0 Å². The van der Waals surface area contributed by atoms with E-state index in [0.29, 0.717) is 6.42 Å². The van der Waals surface area contributed by atoms with Gasteiger partial charge in [-0.1, -0.05) is 13.8 Å². The SMILES string of the molecule is CC.CC(C)(C)OC(=O)NCC(=O)O.CNC(=O)CCCCC[N+](C)(C)C. The van der Waals surface area contributed by atoms with Crippen molar-refractivity contribution in [2.75, 3.05) is 41.3 Å². The summed E-state index contributed by atoms with van der Waals surface area (Å²) in [5.74, 6) is -0.939. The van der Waals surface area contributed by atoms with Crippen molar-refractivity contribution in [1.82, 2.24) is 10.6 Å². The number of quaternary nitrogens is 1. The third-order valence-corrected chi connectivity index (χ3v) is 2.79. The Labute approximate surface area is 165 Å². The Morgan fingerprint density at radius 2 is 1.52 bits per heavy atom. The predicted molar refractivity (Wildman–Crippen MR) is 109 cm³/mol. The smallest absolute Gasteiger partial charge is 0.408 e. The molecule has 0 saturated heterocycles. The first kappa shape index (κ1) is 29.9. The normalized spacial score (nSPS) is 10.4. The van der Waals surface area contributed by atoms with Crippen molar-refractivity contribution in [2.24, 2.45) is 0 Å². The Hall–Kier alpha value is -1.83. The average molecular weight is 393 g/mol. The Morgan fingerprint density at radius 1 is 1.00 bits per heavy atom. The third-order valence-electron chi connectivity index (χ3n) is 2.79. The Balaban J connectivity index is -0.000000391. The van der Waals surface area contributed by atoms with Crippen molar-refractivity contribution in [1.29, 1.82) is 0 Å². The second-order valence-corrected chi connectivity index (χ2v) is 7.75. The number of carbonyl (C=O) groups excluding carboxylic acids is 2. The van der Waals surface area contributed by atoms with Gasteiger partial charge in [0.1, 0.15) is 12.1 Å². The summed E-state index contributed by atoms with van der Waals surface area (Å²) in [4.78, 5) is 31.6. The number of aliphatic carboxylic acids is 1. The number of nitrogens with zero attached hydrogens (tertiary/aromatic N) is 1. The van der Waals surface area contributed by atoms with Crippen LogP contribution in [0.25, 0.3) is 0 Å². The minimum atomic E-state index is -1.10. The van der Waals surface area contributed by atoms with Gasteiger partial charge < -0.3 is 25.0 Å². The summed E-state index contributed by atoms with van der Waals surface area (Å²) in [7, 11) is 8.27. The van der Waals surface area contributed by atoms with Gasteiger partial charge in [0, 0.05) is 13.5 Å². The zero-order valence-corrected chi connectivity index (χ0v) is 18.8. The molecule has 0 radical (unpaired) electrons. The van der Waals surface area contributed by atoms with Gasteiger partial charge in [-0.05, 0) is 40.0 Å². The molecule has 0 spiro atoms. The van der Waals surface area contributed by atoms with Crippen LogP contribution in [0.3, 0.4) is 0 Å². The van der Waals surface area contributed by atoms with Gasteiger partial charge >= 0.3 is 12.1 Å². The van der Waals surface area contributed by atoms with Crippen LogP contribution in [-0.4, -0.2) is 74.4 Å². The van der Waals surface area contributed by atoms with E-state index >= 15 is 0 Å². The van der Waals surface area contributed by atoms with Gasteiger partial charge in [-0.15, -0.1) is 0 Å². The van der Waals surface area contributed by atoms with Crippen molar-refractivity contribution in [3.8, 4) is 0 Å². The molecule has 0 aliphatic carbocycles. The summed E-state index contributed by atoms with van der Waals surface area (Å²) in [5, 5.41) is 12.9. The maximum Gasteiger partial charge on any atom is 0.408 e. The molecule has 0 heterocycles. The van der Waals surface area contributed by atoms with Gasteiger partial charge in [0.25, 0.3) is 0 Å². The number of carbonyl (C=O) groups is 3.